The minimum Gasteiger partial charge on any atom is -0.275 e. The van der Waals surface area contributed by atoms with E-state index >= 15 is 0 Å². The number of aromatic nitrogens is 1. The number of hydrogen-bond donors (Lipinski definition) is 0. The SMILES string of the molecule is C=Cc1ccc(/C=N\P)cn1. The minimum atomic E-state index is 0.880. The normalized spacial score (nSPS) is 10.3. The van der Waals surface area contributed by atoms with Crippen LogP contribution in [0, 0.1) is 0 Å². The van der Waals surface area contributed by atoms with Gasteiger partial charge in [0.2, 0.25) is 0 Å². The van der Waals surface area contributed by atoms with Gasteiger partial charge in [0, 0.05) is 18.0 Å². The molecule has 1 aromatic heterocycles. The molecule has 1 atom stereocenters. The Labute approximate surface area is 68.3 Å². The number of hydrogen-bond acceptors (Lipinski definition) is 2. The summed E-state index contributed by atoms with van der Waals surface area (Å²) in [5, 5.41) is 0. The molecular weight excluding hydrogens is 155 g/mol. The maximum atomic E-state index is 4.10. The van der Waals surface area contributed by atoms with Crippen LogP contribution in [0.5, 0.6) is 0 Å². The third-order valence-electron chi connectivity index (χ3n) is 1.24. The Kier molecular flexibility index (Phi) is 2.94. The summed E-state index contributed by atoms with van der Waals surface area (Å²) in [7, 11) is 2.27. The fourth-order valence-electron chi connectivity index (χ4n) is 0.700. The molecule has 0 radical (unpaired) electrons. The average Bonchev–Trinajstić information content (AvgIpc) is 2.07. The first-order chi connectivity index (χ1) is 5.36. The Bertz CT molecular complexity index is 264. The molecular formula is C8H9N2P. The first kappa shape index (κ1) is 8.09. The second-order valence-electron chi connectivity index (χ2n) is 2.00. The van der Waals surface area contributed by atoms with Gasteiger partial charge >= 0.3 is 0 Å². The van der Waals surface area contributed by atoms with Crippen molar-refractivity contribution in [3.63, 3.8) is 0 Å². The molecule has 1 heterocycles. The van der Waals surface area contributed by atoms with Crippen LogP contribution in [0.1, 0.15) is 11.3 Å². The van der Waals surface area contributed by atoms with Crippen molar-refractivity contribution >= 4 is 21.7 Å². The summed E-state index contributed by atoms with van der Waals surface area (Å²) in [6.07, 6.45) is 5.19. The van der Waals surface area contributed by atoms with Crippen molar-refractivity contribution in [3.05, 3.63) is 36.2 Å². The highest BCUT2D eigenvalue weighted by atomic mass is 31.0. The van der Waals surface area contributed by atoms with Gasteiger partial charge in [0.05, 0.1) is 5.69 Å². The molecule has 0 aliphatic carbocycles. The molecule has 0 saturated heterocycles. The van der Waals surface area contributed by atoms with Crippen LogP contribution in [0.15, 0.2) is 29.7 Å². The van der Waals surface area contributed by atoms with Gasteiger partial charge in [-0.1, -0.05) is 6.58 Å². The van der Waals surface area contributed by atoms with Crippen molar-refractivity contribution in [3.8, 4) is 0 Å². The largest absolute Gasteiger partial charge is 0.275 e. The van der Waals surface area contributed by atoms with E-state index < -0.39 is 0 Å². The molecule has 0 bridgehead atoms. The van der Waals surface area contributed by atoms with Crippen molar-refractivity contribution in [2.24, 2.45) is 4.76 Å². The zero-order valence-corrected chi connectivity index (χ0v) is 7.22. The summed E-state index contributed by atoms with van der Waals surface area (Å²) in [5.41, 5.74) is 1.87. The third kappa shape index (κ3) is 2.24. The third-order valence-corrected chi connectivity index (χ3v) is 1.39. The van der Waals surface area contributed by atoms with Gasteiger partial charge in [-0.3, -0.25) is 9.75 Å². The maximum Gasteiger partial charge on any atom is 0.0624 e. The van der Waals surface area contributed by atoms with Gasteiger partial charge in [0.15, 0.2) is 0 Å². The highest BCUT2D eigenvalue weighted by Crippen LogP contribution is 1.99. The van der Waals surface area contributed by atoms with Crippen molar-refractivity contribution in [2.45, 2.75) is 0 Å². The van der Waals surface area contributed by atoms with Gasteiger partial charge in [-0.25, -0.2) is 0 Å². The second kappa shape index (κ2) is 3.99. The zero-order chi connectivity index (χ0) is 8.10. The van der Waals surface area contributed by atoms with E-state index in [0.29, 0.717) is 0 Å². The molecule has 1 unspecified atom stereocenters. The van der Waals surface area contributed by atoms with E-state index in [4.69, 9.17) is 0 Å². The van der Waals surface area contributed by atoms with Crippen LogP contribution >= 0.6 is 9.39 Å². The molecule has 1 aromatic rings. The molecule has 0 fully saturated rings. The summed E-state index contributed by atoms with van der Waals surface area (Å²) >= 11 is 0. The first-order valence-electron chi connectivity index (χ1n) is 3.18. The molecule has 11 heavy (non-hydrogen) atoms. The standard InChI is InChI=1S/C8H9N2P/c1-2-8-4-3-7(5-9-8)6-10-11/h2-6H,1,11H2/b10-6-. The molecule has 0 spiro atoms. The molecule has 2 nitrogen and oxygen atoms in total. The van der Waals surface area contributed by atoms with Crippen LogP contribution < -0.4 is 0 Å². The molecule has 0 aliphatic rings. The van der Waals surface area contributed by atoms with Crippen LogP contribution in [0.25, 0.3) is 6.08 Å². The van der Waals surface area contributed by atoms with Crippen LogP contribution in [0.3, 0.4) is 0 Å². The van der Waals surface area contributed by atoms with Gasteiger partial charge in [-0.05, 0) is 27.6 Å². The predicted octanol–water partition coefficient (Wildman–Crippen LogP) is 1.93. The van der Waals surface area contributed by atoms with Crippen LogP contribution in [-0.4, -0.2) is 11.2 Å². The number of nitrogens with zero attached hydrogens (tertiary/aromatic N) is 2. The van der Waals surface area contributed by atoms with Crippen molar-refractivity contribution in [1.29, 1.82) is 0 Å². The van der Waals surface area contributed by atoms with E-state index in [1.165, 1.54) is 0 Å². The highest BCUT2D eigenvalue weighted by molar-refractivity contribution is 7.15. The van der Waals surface area contributed by atoms with Gasteiger partial charge in [-0.2, -0.15) is 0 Å². The van der Waals surface area contributed by atoms with Crippen LogP contribution in [0.4, 0.5) is 0 Å². The molecule has 0 aromatic carbocycles. The van der Waals surface area contributed by atoms with E-state index in [-0.39, 0.29) is 0 Å². The van der Waals surface area contributed by atoms with Crippen molar-refractivity contribution in [1.82, 2.24) is 4.98 Å². The van der Waals surface area contributed by atoms with Crippen molar-refractivity contribution < 1.29 is 0 Å². The van der Waals surface area contributed by atoms with Crippen LogP contribution in [0.2, 0.25) is 0 Å². The molecule has 0 saturated carbocycles. The fraction of sp³-hybridized carbons (Fsp3) is 0. The van der Waals surface area contributed by atoms with Crippen LogP contribution in [-0.2, 0) is 0 Å². The monoisotopic (exact) mass is 164 g/mol. The van der Waals surface area contributed by atoms with Gasteiger partial charge in [-0.15, -0.1) is 0 Å². The Balaban J connectivity index is 2.91. The molecule has 56 valence electrons. The predicted molar refractivity (Wildman–Crippen MR) is 51.6 cm³/mol. The van der Waals surface area contributed by atoms with Gasteiger partial charge < -0.3 is 0 Å². The highest BCUT2D eigenvalue weighted by Gasteiger charge is 1.87. The number of pyridine rings is 1. The van der Waals surface area contributed by atoms with Gasteiger partial charge in [0.25, 0.3) is 0 Å². The molecule has 3 heteroatoms. The summed E-state index contributed by atoms with van der Waals surface area (Å²) in [5.74, 6) is 0. The maximum absolute atomic E-state index is 4.10. The summed E-state index contributed by atoms with van der Waals surface area (Å²) < 4.78 is 3.79. The lowest BCUT2D eigenvalue weighted by Crippen LogP contribution is -1.83. The quantitative estimate of drug-likeness (QED) is 0.484. The molecule has 0 aliphatic heterocycles. The Hall–Kier alpha value is -1.01. The molecule has 0 N–H and O–H groups in total. The van der Waals surface area contributed by atoms with E-state index in [1.807, 2.05) is 12.1 Å². The lowest BCUT2D eigenvalue weighted by atomic mass is 10.3. The minimum absolute atomic E-state index is 0.880. The van der Waals surface area contributed by atoms with Crippen molar-refractivity contribution in [2.75, 3.05) is 0 Å². The molecule has 1 rings (SSSR count). The average molecular weight is 164 g/mol. The zero-order valence-electron chi connectivity index (χ0n) is 6.07. The second-order valence-corrected chi connectivity index (χ2v) is 2.30. The first-order valence-corrected chi connectivity index (χ1v) is 3.70. The number of rotatable bonds is 2. The smallest absolute Gasteiger partial charge is 0.0624 e. The lowest BCUT2D eigenvalue weighted by Gasteiger charge is -1.92. The summed E-state index contributed by atoms with van der Waals surface area (Å²) in [6, 6.07) is 3.84. The molecule has 0 amide bonds. The van der Waals surface area contributed by atoms with E-state index in [1.54, 1.807) is 18.5 Å². The van der Waals surface area contributed by atoms with E-state index in [0.717, 1.165) is 11.3 Å². The van der Waals surface area contributed by atoms with E-state index in [2.05, 4.69) is 25.7 Å². The Morgan fingerprint density at radius 2 is 2.36 bits per heavy atom. The lowest BCUT2D eigenvalue weighted by molar-refractivity contribution is 1.29. The topological polar surface area (TPSA) is 25.2 Å². The Morgan fingerprint density at radius 3 is 2.82 bits per heavy atom. The van der Waals surface area contributed by atoms with E-state index in [9.17, 15) is 0 Å². The summed E-state index contributed by atoms with van der Waals surface area (Å²) in [6.45, 7) is 3.61. The Morgan fingerprint density at radius 1 is 1.55 bits per heavy atom. The fourth-order valence-corrected chi connectivity index (χ4v) is 0.872. The van der Waals surface area contributed by atoms with Gasteiger partial charge in [0.1, 0.15) is 0 Å². The summed E-state index contributed by atoms with van der Waals surface area (Å²) in [4.78, 5) is 4.10.